The molecule has 1 unspecified atom stereocenters. The molecule has 1 N–H and O–H groups in total. The molecule has 0 radical (unpaired) electrons. The van der Waals surface area contributed by atoms with Gasteiger partial charge in [0.15, 0.2) is 5.65 Å². The van der Waals surface area contributed by atoms with Crippen LogP contribution in [-0.2, 0) is 6.54 Å². The fourth-order valence-corrected chi connectivity index (χ4v) is 3.90. The summed E-state index contributed by atoms with van der Waals surface area (Å²) in [7, 11) is 0. The van der Waals surface area contributed by atoms with E-state index in [-0.39, 0.29) is 0 Å². The summed E-state index contributed by atoms with van der Waals surface area (Å²) in [6.07, 6.45) is 7.69. The minimum absolute atomic E-state index is 0.814. The minimum atomic E-state index is 0.814. The Kier molecular flexibility index (Phi) is 4.30. The zero-order chi connectivity index (χ0) is 16.4. The summed E-state index contributed by atoms with van der Waals surface area (Å²) in [6.45, 7) is 5.65. The molecule has 1 aliphatic heterocycles. The van der Waals surface area contributed by atoms with Gasteiger partial charge in [-0.3, -0.25) is 4.90 Å². The summed E-state index contributed by atoms with van der Waals surface area (Å²) in [5.41, 5.74) is 5.65. The van der Waals surface area contributed by atoms with Crippen molar-refractivity contribution in [1.82, 2.24) is 19.9 Å². The number of rotatable bonds is 5. The maximum absolute atomic E-state index is 4.54. The van der Waals surface area contributed by atoms with Crippen LogP contribution in [0.3, 0.4) is 0 Å². The lowest BCUT2D eigenvalue weighted by molar-refractivity contribution is 0.314. The van der Waals surface area contributed by atoms with E-state index in [1.807, 2.05) is 6.20 Å². The molecule has 0 amide bonds. The Bertz CT molecular complexity index is 809. The number of hydrogen-bond acceptors (Lipinski definition) is 3. The number of benzene rings is 1. The topological polar surface area (TPSA) is 44.8 Å². The average Bonchev–Trinajstić information content (AvgIpc) is 3.26. The van der Waals surface area contributed by atoms with Gasteiger partial charge < -0.3 is 4.98 Å². The lowest BCUT2D eigenvalue weighted by Crippen LogP contribution is -2.21. The molecule has 0 aliphatic carbocycles. The highest BCUT2D eigenvalue weighted by Gasteiger charge is 2.24. The van der Waals surface area contributed by atoms with Crippen molar-refractivity contribution in [1.29, 1.82) is 0 Å². The van der Waals surface area contributed by atoms with Gasteiger partial charge in [-0.05, 0) is 30.9 Å². The average molecular weight is 320 g/mol. The summed E-state index contributed by atoms with van der Waals surface area (Å²) in [5, 5.41) is 0. The van der Waals surface area contributed by atoms with Gasteiger partial charge in [-0.25, -0.2) is 9.97 Å². The van der Waals surface area contributed by atoms with Gasteiger partial charge in [0.05, 0.1) is 11.8 Å². The van der Waals surface area contributed by atoms with Crippen LogP contribution in [0.5, 0.6) is 0 Å². The number of aromatic amines is 1. The van der Waals surface area contributed by atoms with Crippen molar-refractivity contribution in [2.75, 3.05) is 13.1 Å². The van der Waals surface area contributed by atoms with Crippen LogP contribution in [0.1, 0.15) is 31.7 Å². The van der Waals surface area contributed by atoms with Gasteiger partial charge in [0, 0.05) is 30.4 Å². The number of fused-ring (bicyclic) bond motifs is 1. The van der Waals surface area contributed by atoms with Gasteiger partial charge in [-0.2, -0.15) is 0 Å². The Hall–Kier alpha value is -2.20. The van der Waals surface area contributed by atoms with Crippen LogP contribution in [-0.4, -0.2) is 32.9 Å². The Balaban J connectivity index is 1.69. The number of imidazole rings is 1. The molecule has 24 heavy (non-hydrogen) atoms. The first-order valence-electron chi connectivity index (χ1n) is 8.94. The molecular weight excluding hydrogens is 296 g/mol. The van der Waals surface area contributed by atoms with Crippen molar-refractivity contribution in [2.45, 2.75) is 32.7 Å². The third kappa shape index (κ3) is 2.94. The third-order valence-electron chi connectivity index (χ3n) is 5.10. The van der Waals surface area contributed by atoms with E-state index in [0.717, 1.165) is 23.6 Å². The molecule has 2 aromatic heterocycles. The Labute approximate surface area is 142 Å². The molecule has 0 spiro atoms. The van der Waals surface area contributed by atoms with E-state index in [0.29, 0.717) is 0 Å². The Morgan fingerprint density at radius 1 is 1.21 bits per heavy atom. The predicted octanol–water partition coefficient (Wildman–Crippen LogP) is 4.25. The lowest BCUT2D eigenvalue weighted by Gasteiger charge is -2.19. The monoisotopic (exact) mass is 320 g/mol. The molecule has 1 aromatic carbocycles. The minimum Gasteiger partial charge on any atom is -0.343 e. The molecule has 3 aromatic rings. The number of likely N-dealkylation sites (tertiary alicyclic amines) is 1. The first kappa shape index (κ1) is 15.3. The fraction of sp³-hybridized carbons (Fsp3) is 0.400. The summed E-state index contributed by atoms with van der Waals surface area (Å²) >= 11 is 0. The molecule has 4 nitrogen and oxygen atoms in total. The van der Waals surface area contributed by atoms with Crippen LogP contribution in [0.4, 0.5) is 0 Å². The van der Waals surface area contributed by atoms with Crippen LogP contribution < -0.4 is 0 Å². The summed E-state index contributed by atoms with van der Waals surface area (Å²) in [4.78, 5) is 14.8. The number of nitrogens with zero attached hydrogens (tertiary/aromatic N) is 3. The first-order valence-corrected chi connectivity index (χ1v) is 8.94. The van der Waals surface area contributed by atoms with Crippen LogP contribution in [0, 0.1) is 5.92 Å². The van der Waals surface area contributed by atoms with Crippen molar-refractivity contribution in [3.8, 4) is 11.1 Å². The summed E-state index contributed by atoms with van der Waals surface area (Å²) in [5.74, 6) is 0.856. The van der Waals surface area contributed by atoms with Crippen molar-refractivity contribution < 1.29 is 0 Å². The number of pyridine rings is 1. The standard InChI is InChI=1S/C20H24N4/c1-2-6-15-9-10-24(12-15)13-18-17(16-7-4-3-5-8-16)11-21-20-19(18)22-14-23-20/h3-5,7-8,11,14-15H,2,6,9-10,12-13H2,1H3,(H,21,22,23). The quantitative estimate of drug-likeness (QED) is 0.764. The van der Waals surface area contributed by atoms with E-state index >= 15 is 0 Å². The second kappa shape index (κ2) is 6.73. The number of nitrogens with one attached hydrogen (secondary N) is 1. The Morgan fingerprint density at radius 3 is 2.92 bits per heavy atom. The van der Waals surface area contributed by atoms with Crippen molar-refractivity contribution >= 4 is 11.2 Å². The van der Waals surface area contributed by atoms with Gasteiger partial charge in [0.2, 0.25) is 0 Å². The number of H-pyrrole nitrogens is 1. The maximum atomic E-state index is 4.54. The summed E-state index contributed by atoms with van der Waals surface area (Å²) < 4.78 is 0. The largest absolute Gasteiger partial charge is 0.343 e. The van der Waals surface area contributed by atoms with Crippen molar-refractivity contribution in [2.24, 2.45) is 5.92 Å². The van der Waals surface area contributed by atoms with Crippen LogP contribution in [0.15, 0.2) is 42.9 Å². The zero-order valence-electron chi connectivity index (χ0n) is 14.2. The molecule has 124 valence electrons. The van der Waals surface area contributed by atoms with Gasteiger partial charge in [0.25, 0.3) is 0 Å². The number of hydrogen-bond donors (Lipinski definition) is 1. The second-order valence-electron chi connectivity index (χ2n) is 6.80. The van der Waals surface area contributed by atoms with E-state index in [1.54, 1.807) is 6.33 Å². The summed E-state index contributed by atoms with van der Waals surface area (Å²) in [6, 6.07) is 10.5. The van der Waals surface area contributed by atoms with E-state index in [4.69, 9.17) is 0 Å². The van der Waals surface area contributed by atoms with E-state index in [9.17, 15) is 0 Å². The van der Waals surface area contributed by atoms with E-state index in [2.05, 4.69) is 57.1 Å². The molecule has 0 bridgehead atoms. The SMILES string of the molecule is CCCC1CCN(Cc2c(-c3ccccc3)cnc3nc[nH]c23)C1. The molecule has 1 saturated heterocycles. The first-order chi connectivity index (χ1) is 11.8. The zero-order valence-corrected chi connectivity index (χ0v) is 14.2. The highest BCUT2D eigenvalue weighted by molar-refractivity contribution is 5.83. The highest BCUT2D eigenvalue weighted by Crippen LogP contribution is 2.30. The molecule has 4 rings (SSSR count). The van der Waals surface area contributed by atoms with Crippen LogP contribution in [0.25, 0.3) is 22.3 Å². The van der Waals surface area contributed by atoms with Gasteiger partial charge in [0.1, 0.15) is 0 Å². The predicted molar refractivity (Wildman–Crippen MR) is 97.6 cm³/mol. The van der Waals surface area contributed by atoms with Gasteiger partial charge >= 0.3 is 0 Å². The van der Waals surface area contributed by atoms with Gasteiger partial charge in [-0.15, -0.1) is 0 Å². The molecule has 3 heterocycles. The molecule has 1 atom stereocenters. The smallest absolute Gasteiger partial charge is 0.177 e. The lowest BCUT2D eigenvalue weighted by atomic mass is 10.0. The number of aromatic nitrogens is 3. The van der Waals surface area contributed by atoms with Gasteiger partial charge in [-0.1, -0.05) is 43.7 Å². The Morgan fingerprint density at radius 2 is 2.08 bits per heavy atom. The fourth-order valence-electron chi connectivity index (χ4n) is 3.90. The van der Waals surface area contributed by atoms with Crippen molar-refractivity contribution in [3.05, 3.63) is 48.4 Å². The molecular formula is C20H24N4. The molecule has 4 heteroatoms. The van der Waals surface area contributed by atoms with Crippen LogP contribution >= 0.6 is 0 Å². The highest BCUT2D eigenvalue weighted by atomic mass is 15.1. The van der Waals surface area contributed by atoms with E-state index in [1.165, 1.54) is 49.0 Å². The molecule has 1 aliphatic rings. The molecule has 1 fully saturated rings. The normalized spacial score (nSPS) is 18.5. The third-order valence-corrected chi connectivity index (χ3v) is 5.10. The van der Waals surface area contributed by atoms with Crippen LogP contribution in [0.2, 0.25) is 0 Å². The van der Waals surface area contributed by atoms with E-state index < -0.39 is 0 Å². The molecule has 0 saturated carbocycles. The maximum Gasteiger partial charge on any atom is 0.177 e. The second-order valence-corrected chi connectivity index (χ2v) is 6.80. The van der Waals surface area contributed by atoms with Crippen molar-refractivity contribution in [3.63, 3.8) is 0 Å².